The van der Waals surface area contributed by atoms with Crippen molar-refractivity contribution in [2.75, 3.05) is 11.9 Å². The van der Waals surface area contributed by atoms with Crippen LogP contribution in [0.15, 0.2) is 46.9 Å². The number of esters is 1. The fourth-order valence-corrected chi connectivity index (χ4v) is 2.32. The number of hydrogen-bond donors (Lipinski definition) is 1. The average Bonchev–Trinajstić information content (AvgIpc) is 2.61. The van der Waals surface area contributed by atoms with Crippen molar-refractivity contribution in [2.45, 2.75) is 20.3 Å². The number of rotatable bonds is 6. The summed E-state index contributed by atoms with van der Waals surface area (Å²) in [4.78, 5) is 35.7. The van der Waals surface area contributed by atoms with Gasteiger partial charge in [-0.25, -0.2) is 4.79 Å². The van der Waals surface area contributed by atoms with Gasteiger partial charge in [0.15, 0.2) is 12.4 Å². The largest absolute Gasteiger partial charge is 0.454 e. The van der Waals surface area contributed by atoms with E-state index in [0.29, 0.717) is 17.7 Å². The highest BCUT2D eigenvalue weighted by Gasteiger charge is 2.14. The zero-order valence-electron chi connectivity index (χ0n) is 14.0. The van der Waals surface area contributed by atoms with E-state index in [1.807, 2.05) is 6.92 Å². The van der Waals surface area contributed by atoms with Crippen molar-refractivity contribution in [1.82, 2.24) is 0 Å². The second-order valence-electron chi connectivity index (χ2n) is 5.44. The van der Waals surface area contributed by atoms with Crippen LogP contribution in [0, 0.1) is 6.92 Å². The van der Waals surface area contributed by atoms with E-state index in [1.54, 1.807) is 49.4 Å². The summed E-state index contributed by atoms with van der Waals surface area (Å²) in [6, 6.07) is 11.7. The Morgan fingerprint density at radius 3 is 2.32 bits per heavy atom. The summed E-state index contributed by atoms with van der Waals surface area (Å²) in [6.45, 7) is 3.24. The van der Waals surface area contributed by atoms with Gasteiger partial charge in [0.05, 0.1) is 5.56 Å². The predicted octanol–water partition coefficient (Wildman–Crippen LogP) is 4.15. The van der Waals surface area contributed by atoms with Gasteiger partial charge in [-0.15, -0.1) is 0 Å². The Labute approximate surface area is 154 Å². The number of halogens is 1. The van der Waals surface area contributed by atoms with E-state index in [9.17, 15) is 14.4 Å². The third-order valence-corrected chi connectivity index (χ3v) is 4.10. The van der Waals surface area contributed by atoms with Crippen molar-refractivity contribution in [3.63, 3.8) is 0 Å². The van der Waals surface area contributed by atoms with Gasteiger partial charge >= 0.3 is 5.97 Å². The number of nitrogens with one attached hydrogen (secondary N) is 1. The van der Waals surface area contributed by atoms with Crippen LogP contribution in [0.25, 0.3) is 0 Å². The highest BCUT2D eigenvalue weighted by Crippen LogP contribution is 2.18. The summed E-state index contributed by atoms with van der Waals surface area (Å²) in [5, 5.41) is 2.73. The molecule has 6 heteroatoms. The molecule has 0 saturated carbocycles. The molecule has 2 aromatic carbocycles. The number of amides is 1. The quantitative estimate of drug-likeness (QED) is 0.580. The van der Waals surface area contributed by atoms with Gasteiger partial charge in [0.25, 0.3) is 0 Å². The third kappa shape index (κ3) is 5.26. The number of anilines is 1. The zero-order chi connectivity index (χ0) is 18.4. The Morgan fingerprint density at radius 1 is 1.04 bits per heavy atom. The summed E-state index contributed by atoms with van der Waals surface area (Å²) < 4.78 is 5.95. The molecule has 25 heavy (non-hydrogen) atoms. The first kappa shape index (κ1) is 18.9. The number of aryl methyl sites for hydroxylation is 1. The molecule has 0 fully saturated rings. The van der Waals surface area contributed by atoms with Crippen LogP contribution in [0.1, 0.15) is 39.6 Å². The van der Waals surface area contributed by atoms with Crippen LogP contribution in [0.4, 0.5) is 5.69 Å². The number of carbonyl (C=O) groups is 3. The predicted molar refractivity (Wildman–Crippen MR) is 98.9 cm³/mol. The normalized spacial score (nSPS) is 10.2. The lowest BCUT2D eigenvalue weighted by Gasteiger charge is -2.10. The van der Waals surface area contributed by atoms with Gasteiger partial charge in [0, 0.05) is 22.1 Å². The van der Waals surface area contributed by atoms with Crippen LogP contribution in [0.2, 0.25) is 0 Å². The molecule has 0 aliphatic carbocycles. The van der Waals surface area contributed by atoms with E-state index in [0.717, 1.165) is 10.0 Å². The van der Waals surface area contributed by atoms with E-state index in [1.165, 1.54) is 0 Å². The standard InChI is InChI=1S/C19H18BrNO4/c1-3-18(23)21-16-10-14(5-4-12(16)2)19(24)25-11-17(22)13-6-8-15(20)9-7-13/h4-10H,3,11H2,1-2H3,(H,21,23). The number of ketones is 1. The molecule has 0 bridgehead atoms. The SMILES string of the molecule is CCC(=O)Nc1cc(C(=O)OCC(=O)c2ccc(Br)cc2)ccc1C. The average molecular weight is 404 g/mol. The van der Waals surface area contributed by atoms with Gasteiger partial charge < -0.3 is 10.1 Å². The molecule has 0 aliphatic heterocycles. The van der Waals surface area contributed by atoms with Crippen molar-refractivity contribution >= 4 is 39.3 Å². The summed E-state index contributed by atoms with van der Waals surface area (Å²) in [6.07, 6.45) is 0.343. The third-order valence-electron chi connectivity index (χ3n) is 3.57. The first-order valence-electron chi connectivity index (χ1n) is 7.77. The number of carbonyl (C=O) groups excluding carboxylic acids is 3. The smallest absolute Gasteiger partial charge is 0.338 e. The first-order chi connectivity index (χ1) is 11.9. The molecule has 0 atom stereocenters. The van der Waals surface area contributed by atoms with Crippen molar-refractivity contribution in [1.29, 1.82) is 0 Å². The molecule has 5 nitrogen and oxygen atoms in total. The summed E-state index contributed by atoms with van der Waals surface area (Å²) in [5.41, 5.74) is 2.14. The monoisotopic (exact) mass is 403 g/mol. The molecule has 0 aliphatic rings. The fourth-order valence-electron chi connectivity index (χ4n) is 2.06. The highest BCUT2D eigenvalue weighted by atomic mass is 79.9. The summed E-state index contributed by atoms with van der Waals surface area (Å²) in [5.74, 6) is -1.04. The fraction of sp³-hybridized carbons (Fsp3) is 0.211. The second-order valence-corrected chi connectivity index (χ2v) is 6.35. The minimum Gasteiger partial charge on any atom is -0.454 e. The molecule has 0 spiro atoms. The van der Waals surface area contributed by atoms with Crippen LogP contribution in [-0.4, -0.2) is 24.3 Å². The van der Waals surface area contributed by atoms with Gasteiger partial charge in [0.1, 0.15) is 0 Å². The number of hydrogen-bond acceptors (Lipinski definition) is 4. The lowest BCUT2D eigenvalue weighted by atomic mass is 10.1. The van der Waals surface area contributed by atoms with E-state index in [-0.39, 0.29) is 23.9 Å². The van der Waals surface area contributed by atoms with E-state index in [4.69, 9.17) is 4.74 Å². The van der Waals surface area contributed by atoms with Crippen molar-refractivity contribution in [2.24, 2.45) is 0 Å². The minimum atomic E-state index is -0.613. The Morgan fingerprint density at radius 2 is 1.68 bits per heavy atom. The van der Waals surface area contributed by atoms with E-state index < -0.39 is 5.97 Å². The summed E-state index contributed by atoms with van der Waals surface area (Å²) >= 11 is 3.30. The van der Waals surface area contributed by atoms with E-state index in [2.05, 4.69) is 21.2 Å². The first-order valence-corrected chi connectivity index (χ1v) is 8.56. The molecule has 1 amide bonds. The van der Waals surface area contributed by atoms with Crippen LogP contribution in [0.5, 0.6) is 0 Å². The van der Waals surface area contributed by atoms with Gasteiger partial charge in [-0.05, 0) is 36.8 Å². The van der Waals surface area contributed by atoms with Crippen LogP contribution in [-0.2, 0) is 9.53 Å². The summed E-state index contributed by atoms with van der Waals surface area (Å²) in [7, 11) is 0. The number of benzene rings is 2. The molecule has 0 saturated heterocycles. The maximum absolute atomic E-state index is 12.2. The minimum absolute atomic E-state index is 0.140. The van der Waals surface area contributed by atoms with Gasteiger partial charge in [0.2, 0.25) is 5.91 Å². The molecule has 0 aromatic heterocycles. The maximum Gasteiger partial charge on any atom is 0.338 e. The molecule has 130 valence electrons. The van der Waals surface area contributed by atoms with Gasteiger partial charge in [-0.3, -0.25) is 9.59 Å². The Kier molecular flexibility index (Phi) is 6.47. The number of ether oxygens (including phenoxy) is 1. The lowest BCUT2D eigenvalue weighted by molar-refractivity contribution is -0.115. The highest BCUT2D eigenvalue weighted by molar-refractivity contribution is 9.10. The molecule has 2 aromatic rings. The lowest BCUT2D eigenvalue weighted by Crippen LogP contribution is -2.15. The zero-order valence-corrected chi connectivity index (χ0v) is 15.6. The van der Waals surface area contributed by atoms with Gasteiger partial charge in [-0.1, -0.05) is 41.1 Å². The Bertz CT molecular complexity index is 800. The molecule has 0 radical (unpaired) electrons. The second kappa shape index (κ2) is 8.58. The van der Waals surface area contributed by atoms with Crippen LogP contribution < -0.4 is 5.32 Å². The molecule has 2 rings (SSSR count). The van der Waals surface area contributed by atoms with Crippen molar-refractivity contribution in [3.05, 3.63) is 63.6 Å². The molecule has 1 N–H and O–H groups in total. The topological polar surface area (TPSA) is 72.5 Å². The van der Waals surface area contributed by atoms with Crippen LogP contribution in [0.3, 0.4) is 0 Å². The Hall–Kier alpha value is -2.47. The molecular formula is C19H18BrNO4. The molecule has 0 heterocycles. The number of Topliss-reactive ketones (excluding diaryl/α,β-unsaturated/α-hetero) is 1. The van der Waals surface area contributed by atoms with Gasteiger partial charge in [-0.2, -0.15) is 0 Å². The molecular weight excluding hydrogens is 386 g/mol. The van der Waals surface area contributed by atoms with Crippen molar-refractivity contribution in [3.8, 4) is 0 Å². The van der Waals surface area contributed by atoms with Crippen molar-refractivity contribution < 1.29 is 19.1 Å². The maximum atomic E-state index is 12.2. The van der Waals surface area contributed by atoms with E-state index >= 15 is 0 Å². The molecule has 0 unspecified atom stereocenters. The Balaban J connectivity index is 2.03. The van der Waals surface area contributed by atoms with Crippen LogP contribution >= 0.6 is 15.9 Å².